The molecule has 29 heavy (non-hydrogen) atoms. The van der Waals surface area contributed by atoms with E-state index in [1.165, 1.54) is 25.3 Å². The number of carbonyl (C=O) groups excluding carboxylic acids is 2. The predicted octanol–water partition coefficient (Wildman–Crippen LogP) is 2.60. The van der Waals surface area contributed by atoms with Crippen LogP contribution in [0.15, 0.2) is 36.4 Å². The number of carbonyl (C=O) groups is 2. The number of aryl methyl sites for hydroxylation is 1. The second-order valence-corrected chi connectivity index (χ2v) is 8.86. The van der Waals surface area contributed by atoms with E-state index in [4.69, 9.17) is 16.3 Å². The molecule has 1 aliphatic rings. The largest absolute Gasteiger partial charge is 0.476 e. The molecule has 1 atom stereocenters. The van der Waals surface area contributed by atoms with Crippen LogP contribution in [-0.2, 0) is 19.6 Å². The van der Waals surface area contributed by atoms with Gasteiger partial charge in [-0.1, -0.05) is 17.7 Å². The van der Waals surface area contributed by atoms with Gasteiger partial charge in [0, 0.05) is 5.69 Å². The third kappa shape index (κ3) is 4.46. The number of nitrogens with one attached hydrogen (secondary N) is 1. The standard InChI is InChI=1S/C19H19ClN2O6S/c1-11-4-7-16-15(8-11)22(29(3,25)26)10-17(28-16)18(23)21-12-5-6-14(20)13(9-12)19(24)27-2/h4-9,17H,10H2,1-3H3,(H,21,23)/t17-/m1/s1. The highest BCUT2D eigenvalue weighted by molar-refractivity contribution is 7.92. The molecule has 0 bridgehead atoms. The maximum absolute atomic E-state index is 12.7. The Morgan fingerprint density at radius 1 is 1.24 bits per heavy atom. The quantitative estimate of drug-likeness (QED) is 0.736. The maximum Gasteiger partial charge on any atom is 0.339 e. The number of ether oxygens (including phenoxy) is 2. The SMILES string of the molecule is COC(=O)c1cc(NC(=O)[C@H]2CN(S(C)(=O)=O)c3cc(C)ccc3O2)ccc1Cl. The van der Waals surface area contributed by atoms with Crippen LogP contribution in [0.25, 0.3) is 0 Å². The molecule has 0 fully saturated rings. The van der Waals surface area contributed by atoms with Crippen molar-refractivity contribution in [1.82, 2.24) is 0 Å². The number of anilines is 2. The van der Waals surface area contributed by atoms with Crippen molar-refractivity contribution in [3.8, 4) is 5.75 Å². The van der Waals surface area contributed by atoms with Crippen molar-refractivity contribution in [2.24, 2.45) is 0 Å². The van der Waals surface area contributed by atoms with E-state index in [1.54, 1.807) is 18.2 Å². The molecule has 0 aliphatic carbocycles. The summed E-state index contributed by atoms with van der Waals surface area (Å²) in [4.78, 5) is 24.5. The van der Waals surface area contributed by atoms with Crippen LogP contribution < -0.4 is 14.4 Å². The number of sulfonamides is 1. The molecular formula is C19H19ClN2O6S. The lowest BCUT2D eigenvalue weighted by molar-refractivity contribution is -0.122. The van der Waals surface area contributed by atoms with Gasteiger partial charge in [-0.05, 0) is 42.8 Å². The highest BCUT2D eigenvalue weighted by Crippen LogP contribution is 2.36. The van der Waals surface area contributed by atoms with Crippen LogP contribution in [-0.4, -0.2) is 46.3 Å². The lowest BCUT2D eigenvalue weighted by Crippen LogP contribution is -2.48. The number of rotatable bonds is 4. The minimum absolute atomic E-state index is 0.0927. The first-order chi connectivity index (χ1) is 13.6. The van der Waals surface area contributed by atoms with E-state index in [1.807, 2.05) is 6.92 Å². The summed E-state index contributed by atoms with van der Waals surface area (Å²) in [5, 5.41) is 2.80. The molecule has 0 aromatic heterocycles. The van der Waals surface area contributed by atoms with Crippen LogP contribution in [0.4, 0.5) is 11.4 Å². The van der Waals surface area contributed by atoms with Crippen molar-refractivity contribution < 1.29 is 27.5 Å². The number of hydrogen-bond donors (Lipinski definition) is 1. The maximum atomic E-state index is 12.7. The van der Waals surface area contributed by atoms with Gasteiger partial charge in [-0.25, -0.2) is 13.2 Å². The molecule has 1 amide bonds. The van der Waals surface area contributed by atoms with Crippen LogP contribution in [0, 0.1) is 6.92 Å². The highest BCUT2D eigenvalue weighted by Gasteiger charge is 2.35. The molecule has 0 unspecified atom stereocenters. The second kappa shape index (κ2) is 7.92. The molecule has 0 saturated heterocycles. The lowest BCUT2D eigenvalue weighted by Gasteiger charge is -2.34. The molecule has 1 heterocycles. The van der Waals surface area contributed by atoms with Gasteiger partial charge in [-0.3, -0.25) is 9.10 Å². The van der Waals surface area contributed by atoms with E-state index in [9.17, 15) is 18.0 Å². The average Bonchev–Trinajstić information content (AvgIpc) is 2.67. The smallest absolute Gasteiger partial charge is 0.339 e. The van der Waals surface area contributed by atoms with Crippen LogP contribution in [0.1, 0.15) is 15.9 Å². The van der Waals surface area contributed by atoms with Crippen LogP contribution in [0.3, 0.4) is 0 Å². The van der Waals surface area contributed by atoms with E-state index in [0.717, 1.165) is 16.1 Å². The van der Waals surface area contributed by atoms with Gasteiger partial charge in [0.1, 0.15) is 5.75 Å². The first kappa shape index (κ1) is 20.9. The Morgan fingerprint density at radius 2 is 1.97 bits per heavy atom. The fourth-order valence-corrected chi connectivity index (χ4v) is 4.00. The summed E-state index contributed by atoms with van der Waals surface area (Å²) in [6.45, 7) is 1.65. The molecule has 1 aliphatic heterocycles. The number of halogens is 1. The van der Waals surface area contributed by atoms with Gasteiger partial charge in [0.05, 0.1) is 36.2 Å². The van der Waals surface area contributed by atoms with E-state index in [-0.39, 0.29) is 17.1 Å². The number of nitrogens with zero attached hydrogens (tertiary/aromatic N) is 1. The Kier molecular flexibility index (Phi) is 5.72. The first-order valence-corrected chi connectivity index (χ1v) is 10.8. The number of amides is 1. The molecule has 0 radical (unpaired) electrons. The minimum Gasteiger partial charge on any atom is -0.476 e. The Morgan fingerprint density at radius 3 is 2.62 bits per heavy atom. The number of fused-ring (bicyclic) bond motifs is 1. The highest BCUT2D eigenvalue weighted by atomic mass is 35.5. The molecule has 1 N–H and O–H groups in total. The first-order valence-electron chi connectivity index (χ1n) is 8.54. The molecule has 0 spiro atoms. The lowest BCUT2D eigenvalue weighted by atomic mass is 10.1. The van der Waals surface area contributed by atoms with Crippen molar-refractivity contribution in [3.63, 3.8) is 0 Å². The monoisotopic (exact) mass is 438 g/mol. The average molecular weight is 439 g/mol. The summed E-state index contributed by atoms with van der Waals surface area (Å²) in [7, 11) is -2.41. The zero-order valence-corrected chi connectivity index (χ0v) is 17.5. The molecular weight excluding hydrogens is 420 g/mol. The van der Waals surface area contributed by atoms with Crippen LogP contribution in [0.5, 0.6) is 5.75 Å². The van der Waals surface area contributed by atoms with E-state index in [0.29, 0.717) is 17.1 Å². The topological polar surface area (TPSA) is 102 Å². The Hall–Kier alpha value is -2.78. The zero-order chi connectivity index (χ0) is 21.3. The third-order valence-corrected chi connectivity index (χ3v) is 5.79. The van der Waals surface area contributed by atoms with Crippen LogP contribution in [0.2, 0.25) is 5.02 Å². The van der Waals surface area contributed by atoms with Gasteiger partial charge in [0.15, 0.2) is 6.10 Å². The third-order valence-electron chi connectivity index (χ3n) is 4.32. The molecule has 0 saturated carbocycles. The van der Waals surface area contributed by atoms with Crippen LogP contribution >= 0.6 is 11.6 Å². The van der Waals surface area contributed by atoms with Crippen molar-refractivity contribution >= 4 is 44.9 Å². The summed E-state index contributed by atoms with van der Waals surface area (Å²) < 4.78 is 36.0. The molecule has 3 rings (SSSR count). The minimum atomic E-state index is -3.63. The van der Waals surface area contributed by atoms with Crippen molar-refractivity contribution in [1.29, 1.82) is 0 Å². The fraction of sp³-hybridized carbons (Fsp3) is 0.263. The molecule has 10 heteroatoms. The van der Waals surface area contributed by atoms with Crippen molar-refractivity contribution in [2.45, 2.75) is 13.0 Å². The number of hydrogen-bond acceptors (Lipinski definition) is 6. The summed E-state index contributed by atoms with van der Waals surface area (Å²) in [6.07, 6.45) is -0.0153. The Labute approximate surface area is 173 Å². The van der Waals surface area contributed by atoms with E-state index < -0.39 is 28.0 Å². The normalized spacial score (nSPS) is 15.9. The molecule has 2 aromatic carbocycles. The van der Waals surface area contributed by atoms with Crippen molar-refractivity contribution in [2.75, 3.05) is 29.5 Å². The summed E-state index contributed by atoms with van der Waals surface area (Å²) in [5.41, 5.74) is 1.63. The predicted molar refractivity (Wildman–Crippen MR) is 109 cm³/mol. The van der Waals surface area contributed by atoms with Crippen molar-refractivity contribution in [3.05, 3.63) is 52.5 Å². The van der Waals surface area contributed by atoms with Gasteiger partial charge in [0.25, 0.3) is 5.91 Å². The summed E-state index contributed by atoms with van der Waals surface area (Å²) in [5.74, 6) is -0.922. The van der Waals surface area contributed by atoms with Gasteiger partial charge in [-0.15, -0.1) is 0 Å². The number of esters is 1. The molecule has 2 aromatic rings. The zero-order valence-electron chi connectivity index (χ0n) is 15.9. The number of methoxy groups -OCH3 is 1. The Bertz CT molecular complexity index is 1090. The Balaban J connectivity index is 1.87. The van der Waals surface area contributed by atoms with Gasteiger partial charge in [0.2, 0.25) is 10.0 Å². The van der Waals surface area contributed by atoms with Gasteiger partial charge in [-0.2, -0.15) is 0 Å². The fourth-order valence-electron chi connectivity index (χ4n) is 2.90. The molecule has 154 valence electrons. The van der Waals surface area contributed by atoms with Gasteiger partial charge < -0.3 is 14.8 Å². The molecule has 8 nitrogen and oxygen atoms in total. The van der Waals surface area contributed by atoms with E-state index >= 15 is 0 Å². The van der Waals surface area contributed by atoms with Gasteiger partial charge >= 0.3 is 5.97 Å². The summed E-state index contributed by atoms with van der Waals surface area (Å²) in [6, 6.07) is 9.42. The summed E-state index contributed by atoms with van der Waals surface area (Å²) >= 11 is 5.98. The number of benzene rings is 2. The second-order valence-electron chi connectivity index (χ2n) is 6.55. The van der Waals surface area contributed by atoms with E-state index in [2.05, 4.69) is 10.1 Å².